The minimum Gasteiger partial charge on any atom is -0.371 e. The van der Waals surface area contributed by atoms with Crippen LogP contribution in [0.4, 0.5) is 5.69 Å². The van der Waals surface area contributed by atoms with Gasteiger partial charge in [0.2, 0.25) is 11.8 Å². The number of amides is 2. The van der Waals surface area contributed by atoms with E-state index in [0.29, 0.717) is 24.8 Å². The van der Waals surface area contributed by atoms with Gasteiger partial charge in [0.1, 0.15) is 0 Å². The van der Waals surface area contributed by atoms with Gasteiger partial charge in [0.25, 0.3) is 0 Å². The zero-order valence-corrected chi connectivity index (χ0v) is 17.4. The highest BCUT2D eigenvalue weighted by Crippen LogP contribution is 2.33. The first-order chi connectivity index (χ1) is 13.0. The van der Waals surface area contributed by atoms with Crippen molar-refractivity contribution in [2.45, 2.75) is 38.1 Å². The normalized spacial score (nSPS) is 25.3. The first-order valence-electron chi connectivity index (χ1n) is 9.69. The van der Waals surface area contributed by atoms with Crippen molar-refractivity contribution in [2.24, 2.45) is 13.0 Å². The second-order valence-corrected chi connectivity index (χ2v) is 7.86. The average molecular weight is 406 g/mol. The molecular weight excluding hydrogens is 378 g/mol. The minimum absolute atomic E-state index is 0. The maximum atomic E-state index is 12.3. The molecule has 1 unspecified atom stereocenters. The van der Waals surface area contributed by atoms with Crippen molar-refractivity contribution >= 4 is 40.8 Å². The molecule has 2 fully saturated rings. The van der Waals surface area contributed by atoms with E-state index in [4.69, 9.17) is 0 Å². The number of fused-ring (bicyclic) bond motifs is 1. The van der Waals surface area contributed by atoms with Crippen molar-refractivity contribution in [2.75, 3.05) is 25.0 Å². The van der Waals surface area contributed by atoms with E-state index in [0.717, 1.165) is 36.1 Å². The molecule has 2 aliphatic rings. The Kier molecular flexibility index (Phi) is 5.95. The van der Waals surface area contributed by atoms with E-state index in [1.165, 1.54) is 5.69 Å². The number of nitrogens with zero attached hydrogens (tertiary/aromatic N) is 3. The van der Waals surface area contributed by atoms with Gasteiger partial charge in [0.05, 0.1) is 17.1 Å². The van der Waals surface area contributed by atoms with Crippen LogP contribution in [0.3, 0.4) is 0 Å². The van der Waals surface area contributed by atoms with Gasteiger partial charge in [-0.25, -0.2) is 0 Å². The third kappa shape index (κ3) is 3.61. The van der Waals surface area contributed by atoms with E-state index in [9.17, 15) is 9.59 Å². The molecule has 2 aliphatic heterocycles. The number of piperidine rings is 2. The standard InChI is InChI=1S/C20H27N5O2.ClH/c1-12-11-21-9-8-16(12)24(2)13-4-5-14-17(10-13)25(3)23-19(14)15-6-7-18(26)22-20(15)27;/h4-5,10,12,15-16,21H,6-9,11H2,1-3H3,(H,22,26,27);1H/t12-,15?,16-;/m1./s1. The van der Waals surface area contributed by atoms with E-state index in [2.05, 4.69) is 52.8 Å². The molecule has 28 heavy (non-hydrogen) atoms. The summed E-state index contributed by atoms with van der Waals surface area (Å²) in [6.45, 7) is 4.38. The maximum Gasteiger partial charge on any atom is 0.235 e. The number of aromatic nitrogens is 2. The number of imide groups is 1. The van der Waals surface area contributed by atoms with Crippen molar-refractivity contribution in [3.8, 4) is 0 Å². The topological polar surface area (TPSA) is 79.3 Å². The summed E-state index contributed by atoms with van der Waals surface area (Å²) in [5.74, 6) is -0.211. The molecule has 2 amide bonds. The molecule has 2 saturated heterocycles. The predicted molar refractivity (Wildman–Crippen MR) is 112 cm³/mol. The molecule has 3 heterocycles. The van der Waals surface area contributed by atoms with Crippen LogP contribution in [0.15, 0.2) is 18.2 Å². The van der Waals surface area contributed by atoms with Gasteiger partial charge >= 0.3 is 0 Å². The van der Waals surface area contributed by atoms with Gasteiger partial charge in [0.15, 0.2) is 0 Å². The Morgan fingerprint density at radius 1 is 1.25 bits per heavy atom. The molecule has 152 valence electrons. The van der Waals surface area contributed by atoms with Crippen LogP contribution in [0.1, 0.15) is 37.8 Å². The first-order valence-corrected chi connectivity index (χ1v) is 9.69. The number of aryl methyl sites for hydroxylation is 1. The Hall–Kier alpha value is -2.12. The van der Waals surface area contributed by atoms with Crippen molar-refractivity contribution in [1.82, 2.24) is 20.4 Å². The molecular formula is C20H28ClN5O2. The van der Waals surface area contributed by atoms with Crippen LogP contribution in [-0.2, 0) is 16.6 Å². The number of carbonyl (C=O) groups is 2. The van der Waals surface area contributed by atoms with Crippen LogP contribution in [0, 0.1) is 5.92 Å². The second-order valence-electron chi connectivity index (χ2n) is 7.86. The highest BCUT2D eigenvalue weighted by molar-refractivity contribution is 6.02. The van der Waals surface area contributed by atoms with Crippen molar-refractivity contribution in [3.63, 3.8) is 0 Å². The fraction of sp³-hybridized carbons (Fsp3) is 0.550. The molecule has 3 atom stereocenters. The quantitative estimate of drug-likeness (QED) is 0.763. The molecule has 2 aromatic rings. The number of anilines is 1. The molecule has 0 radical (unpaired) electrons. The van der Waals surface area contributed by atoms with Crippen molar-refractivity contribution in [1.29, 1.82) is 0 Å². The van der Waals surface area contributed by atoms with Gasteiger partial charge in [-0.3, -0.25) is 19.6 Å². The summed E-state index contributed by atoms with van der Waals surface area (Å²) in [5.41, 5.74) is 2.95. The molecule has 0 aliphatic carbocycles. The fourth-order valence-corrected chi connectivity index (χ4v) is 4.47. The van der Waals surface area contributed by atoms with E-state index in [1.54, 1.807) is 0 Å². The smallest absolute Gasteiger partial charge is 0.235 e. The lowest BCUT2D eigenvalue weighted by Gasteiger charge is -2.38. The summed E-state index contributed by atoms with van der Waals surface area (Å²) in [4.78, 5) is 26.1. The molecule has 1 aromatic heterocycles. The van der Waals surface area contributed by atoms with Gasteiger partial charge in [-0.05, 0) is 50.0 Å². The van der Waals surface area contributed by atoms with Gasteiger partial charge in [0, 0.05) is 37.6 Å². The number of halogens is 1. The molecule has 0 saturated carbocycles. The van der Waals surface area contributed by atoms with Crippen LogP contribution < -0.4 is 15.5 Å². The Labute approximate surface area is 171 Å². The Bertz CT molecular complexity index is 896. The maximum absolute atomic E-state index is 12.3. The Morgan fingerprint density at radius 3 is 2.75 bits per heavy atom. The molecule has 4 rings (SSSR count). The molecule has 0 spiro atoms. The summed E-state index contributed by atoms with van der Waals surface area (Å²) in [5, 5.41) is 11.5. The van der Waals surface area contributed by atoms with E-state index < -0.39 is 0 Å². The third-order valence-corrected chi connectivity index (χ3v) is 6.08. The van der Waals surface area contributed by atoms with Crippen LogP contribution >= 0.6 is 12.4 Å². The molecule has 7 nitrogen and oxygen atoms in total. The monoisotopic (exact) mass is 405 g/mol. The number of benzene rings is 1. The van der Waals surface area contributed by atoms with Gasteiger partial charge < -0.3 is 10.2 Å². The van der Waals surface area contributed by atoms with Crippen LogP contribution in [0.5, 0.6) is 0 Å². The summed E-state index contributed by atoms with van der Waals surface area (Å²) >= 11 is 0. The van der Waals surface area contributed by atoms with Crippen molar-refractivity contribution < 1.29 is 9.59 Å². The predicted octanol–water partition coefficient (Wildman–Crippen LogP) is 1.95. The van der Waals surface area contributed by atoms with E-state index >= 15 is 0 Å². The van der Waals surface area contributed by atoms with Crippen molar-refractivity contribution in [3.05, 3.63) is 23.9 Å². The van der Waals surface area contributed by atoms with Gasteiger partial charge in [-0.2, -0.15) is 5.10 Å². The zero-order valence-electron chi connectivity index (χ0n) is 16.6. The average Bonchev–Trinajstić information content (AvgIpc) is 2.97. The van der Waals surface area contributed by atoms with Crippen LogP contribution in [0.2, 0.25) is 0 Å². The number of carbonyl (C=O) groups excluding carboxylic acids is 2. The molecule has 0 bridgehead atoms. The van der Waals surface area contributed by atoms with E-state index in [-0.39, 0.29) is 30.1 Å². The molecule has 8 heteroatoms. The third-order valence-electron chi connectivity index (χ3n) is 6.08. The highest BCUT2D eigenvalue weighted by Gasteiger charge is 2.32. The highest BCUT2D eigenvalue weighted by atomic mass is 35.5. The van der Waals surface area contributed by atoms with Gasteiger partial charge in [-0.15, -0.1) is 12.4 Å². The fourth-order valence-electron chi connectivity index (χ4n) is 4.47. The molecule has 1 aromatic carbocycles. The summed E-state index contributed by atoms with van der Waals surface area (Å²) in [7, 11) is 4.07. The van der Waals surface area contributed by atoms with Gasteiger partial charge in [-0.1, -0.05) is 6.92 Å². The second kappa shape index (κ2) is 8.09. The van der Waals surface area contributed by atoms with E-state index in [1.807, 2.05) is 11.7 Å². The number of hydrogen-bond donors (Lipinski definition) is 2. The lowest BCUT2D eigenvalue weighted by atomic mass is 9.92. The number of rotatable bonds is 3. The SMILES string of the molecule is C[C@@H]1CNCC[C@H]1N(C)c1ccc2c(C3CCC(=O)NC3=O)nn(C)c2c1.Cl. The zero-order chi connectivity index (χ0) is 19.1. The number of nitrogens with one attached hydrogen (secondary N) is 2. The first kappa shape index (κ1) is 20.6. The van der Waals surface area contributed by atoms with Crippen LogP contribution in [0.25, 0.3) is 10.9 Å². The Morgan fingerprint density at radius 2 is 2.04 bits per heavy atom. The molecule has 2 N–H and O–H groups in total. The summed E-state index contributed by atoms with van der Waals surface area (Å²) in [6, 6.07) is 6.85. The summed E-state index contributed by atoms with van der Waals surface area (Å²) < 4.78 is 1.84. The minimum atomic E-state index is -0.362. The lowest BCUT2D eigenvalue weighted by molar-refractivity contribution is -0.134. The number of hydrogen-bond acceptors (Lipinski definition) is 5. The summed E-state index contributed by atoms with van der Waals surface area (Å²) in [6.07, 6.45) is 2.01. The lowest BCUT2D eigenvalue weighted by Crippen LogP contribution is -2.47. The van der Waals surface area contributed by atoms with Crippen LogP contribution in [-0.4, -0.2) is 47.8 Å². The largest absolute Gasteiger partial charge is 0.371 e. The Balaban J connectivity index is 0.00000225.